The number of rotatable bonds is 6. The molecule has 0 saturated carbocycles. The first kappa shape index (κ1) is 22.7. The zero-order chi connectivity index (χ0) is 24.2. The third-order valence-corrected chi connectivity index (χ3v) is 6.34. The van der Waals surface area contributed by atoms with E-state index in [2.05, 4.69) is 15.0 Å². The van der Waals surface area contributed by atoms with Crippen LogP contribution in [-0.4, -0.2) is 43.4 Å². The molecule has 0 radical (unpaired) electrons. The molecule has 1 atom stereocenters. The number of nitrogens with zero attached hydrogens (tertiary/aromatic N) is 5. The molecule has 2 aromatic carbocycles. The van der Waals surface area contributed by atoms with Crippen molar-refractivity contribution in [1.29, 1.82) is 0 Å². The number of carbonyl (C=O) groups excluding carboxylic acids is 1. The summed E-state index contributed by atoms with van der Waals surface area (Å²) in [7, 11) is 0. The predicted octanol–water partition coefficient (Wildman–Crippen LogP) is 4.98. The predicted molar refractivity (Wildman–Crippen MR) is 129 cm³/mol. The van der Waals surface area contributed by atoms with Crippen LogP contribution in [0, 0.1) is 12.7 Å². The summed E-state index contributed by atoms with van der Waals surface area (Å²) in [5.41, 5.74) is 2.27. The van der Waals surface area contributed by atoms with Gasteiger partial charge in [0.15, 0.2) is 11.6 Å². The Kier molecular flexibility index (Phi) is 6.52. The van der Waals surface area contributed by atoms with Gasteiger partial charge in [-0.15, -0.1) is 0 Å². The lowest BCUT2D eigenvalue weighted by atomic mass is 9.93. The number of para-hydroxylation sites is 1. The monoisotopic (exact) mass is 471 g/mol. The molecule has 35 heavy (non-hydrogen) atoms. The summed E-state index contributed by atoms with van der Waals surface area (Å²) < 4.78 is 22.0. The quantitative estimate of drug-likeness (QED) is 0.397. The van der Waals surface area contributed by atoms with Crippen molar-refractivity contribution in [3.8, 4) is 11.6 Å². The van der Waals surface area contributed by atoms with Crippen molar-refractivity contribution in [3.63, 3.8) is 0 Å². The lowest BCUT2D eigenvalue weighted by molar-refractivity contribution is 0.0703. The normalized spacial score (nSPS) is 15.7. The number of hydrogen-bond donors (Lipinski definition) is 0. The SMILES string of the molecule is Cc1nccn1Cc1ccccc1C(=O)N1CCC[C@H](c2nccnc2Oc2ccccc2F)C1. The van der Waals surface area contributed by atoms with Crippen molar-refractivity contribution in [2.45, 2.75) is 32.2 Å². The first-order chi connectivity index (χ1) is 17.1. The Hall–Kier alpha value is -4.07. The Morgan fingerprint density at radius 3 is 2.69 bits per heavy atom. The summed E-state index contributed by atoms with van der Waals surface area (Å²) in [6.45, 7) is 3.68. The van der Waals surface area contributed by atoms with E-state index < -0.39 is 5.82 Å². The van der Waals surface area contributed by atoms with Gasteiger partial charge in [0.05, 0.1) is 0 Å². The van der Waals surface area contributed by atoms with Gasteiger partial charge in [0.25, 0.3) is 5.91 Å². The highest BCUT2D eigenvalue weighted by Gasteiger charge is 2.30. The molecule has 7 nitrogen and oxygen atoms in total. The average molecular weight is 472 g/mol. The third-order valence-electron chi connectivity index (χ3n) is 6.34. The van der Waals surface area contributed by atoms with Crippen LogP contribution in [0.2, 0.25) is 0 Å². The Labute approximate surface area is 203 Å². The maximum absolute atomic E-state index is 14.2. The molecule has 1 aliphatic rings. The zero-order valence-electron chi connectivity index (χ0n) is 19.5. The number of likely N-dealkylation sites (tertiary alicyclic amines) is 1. The molecule has 1 fully saturated rings. The van der Waals surface area contributed by atoms with Gasteiger partial charge < -0.3 is 14.2 Å². The van der Waals surface area contributed by atoms with Gasteiger partial charge in [-0.3, -0.25) is 9.78 Å². The van der Waals surface area contributed by atoms with E-state index in [1.807, 2.05) is 46.9 Å². The van der Waals surface area contributed by atoms with E-state index >= 15 is 0 Å². The molecule has 0 N–H and O–H groups in total. The molecule has 0 unspecified atom stereocenters. The highest BCUT2D eigenvalue weighted by molar-refractivity contribution is 5.95. The topological polar surface area (TPSA) is 73.1 Å². The molecular formula is C27H26FN5O2. The van der Waals surface area contributed by atoms with Gasteiger partial charge in [0, 0.05) is 55.9 Å². The summed E-state index contributed by atoms with van der Waals surface area (Å²) >= 11 is 0. The Morgan fingerprint density at radius 2 is 1.86 bits per heavy atom. The first-order valence-electron chi connectivity index (χ1n) is 11.7. The number of amides is 1. The van der Waals surface area contributed by atoms with Crippen LogP contribution in [0.4, 0.5) is 4.39 Å². The number of aromatic nitrogens is 4. The minimum absolute atomic E-state index is 0.0106. The molecule has 178 valence electrons. The highest BCUT2D eigenvalue weighted by Crippen LogP contribution is 2.34. The highest BCUT2D eigenvalue weighted by atomic mass is 19.1. The van der Waals surface area contributed by atoms with Crippen molar-refractivity contribution >= 4 is 5.91 Å². The summed E-state index contributed by atoms with van der Waals surface area (Å²) in [5, 5.41) is 0. The van der Waals surface area contributed by atoms with Crippen molar-refractivity contribution in [3.05, 3.63) is 102 Å². The molecular weight excluding hydrogens is 445 g/mol. The van der Waals surface area contributed by atoms with Crippen LogP contribution >= 0.6 is 0 Å². The van der Waals surface area contributed by atoms with Crippen LogP contribution in [0.25, 0.3) is 0 Å². The number of carbonyl (C=O) groups is 1. The van der Waals surface area contributed by atoms with E-state index in [-0.39, 0.29) is 23.5 Å². The van der Waals surface area contributed by atoms with E-state index in [1.165, 1.54) is 12.3 Å². The molecule has 2 aromatic heterocycles. The van der Waals surface area contributed by atoms with E-state index in [4.69, 9.17) is 4.74 Å². The minimum atomic E-state index is -0.464. The van der Waals surface area contributed by atoms with Gasteiger partial charge in [-0.2, -0.15) is 0 Å². The number of halogens is 1. The van der Waals surface area contributed by atoms with Crippen LogP contribution in [0.15, 0.2) is 73.3 Å². The number of aryl methyl sites for hydroxylation is 1. The molecule has 0 aliphatic carbocycles. The molecule has 0 bridgehead atoms. The fourth-order valence-electron chi connectivity index (χ4n) is 4.50. The van der Waals surface area contributed by atoms with Crippen LogP contribution in [-0.2, 0) is 6.54 Å². The Bertz CT molecular complexity index is 1340. The zero-order valence-corrected chi connectivity index (χ0v) is 19.5. The molecule has 1 amide bonds. The second kappa shape index (κ2) is 10.0. The van der Waals surface area contributed by atoms with Crippen molar-refractivity contribution in [2.24, 2.45) is 0 Å². The van der Waals surface area contributed by atoms with Gasteiger partial charge in [-0.1, -0.05) is 30.3 Å². The fraction of sp³-hybridized carbons (Fsp3) is 0.259. The minimum Gasteiger partial charge on any atom is -0.434 e. The number of imidazole rings is 1. The standard InChI is InChI=1S/C27H26FN5O2/c1-19-29-14-16-32(19)17-20-7-2-3-9-22(20)27(34)33-15-6-8-21(18-33)25-26(31-13-12-30-25)35-24-11-5-4-10-23(24)28/h2-5,7,9-14,16,21H,6,8,15,17-18H2,1H3/t21-/m0/s1. The van der Waals surface area contributed by atoms with Crippen LogP contribution < -0.4 is 4.74 Å². The molecule has 1 aliphatic heterocycles. The summed E-state index contributed by atoms with van der Waals surface area (Å²) in [6, 6.07) is 13.9. The summed E-state index contributed by atoms with van der Waals surface area (Å²) in [5.74, 6) is 0.731. The number of benzene rings is 2. The first-order valence-corrected chi connectivity index (χ1v) is 11.7. The van der Waals surface area contributed by atoms with Crippen molar-refractivity contribution in [2.75, 3.05) is 13.1 Å². The Morgan fingerprint density at radius 1 is 1.06 bits per heavy atom. The van der Waals surface area contributed by atoms with Crippen LogP contribution in [0.1, 0.15) is 46.2 Å². The van der Waals surface area contributed by atoms with E-state index in [0.29, 0.717) is 30.9 Å². The van der Waals surface area contributed by atoms with Gasteiger partial charge >= 0.3 is 0 Å². The second-order valence-corrected chi connectivity index (χ2v) is 8.63. The molecule has 5 rings (SSSR count). The van der Waals surface area contributed by atoms with Gasteiger partial charge in [-0.05, 0) is 43.5 Å². The lowest BCUT2D eigenvalue weighted by Crippen LogP contribution is -2.39. The molecule has 3 heterocycles. The summed E-state index contributed by atoms with van der Waals surface area (Å²) in [6.07, 6.45) is 8.48. The molecule has 4 aromatic rings. The molecule has 8 heteroatoms. The number of hydrogen-bond acceptors (Lipinski definition) is 5. The Balaban J connectivity index is 1.37. The maximum atomic E-state index is 14.2. The van der Waals surface area contributed by atoms with E-state index in [1.54, 1.807) is 30.6 Å². The molecule has 0 spiro atoms. The fourth-order valence-corrected chi connectivity index (χ4v) is 4.50. The smallest absolute Gasteiger partial charge is 0.254 e. The maximum Gasteiger partial charge on any atom is 0.254 e. The van der Waals surface area contributed by atoms with Gasteiger partial charge in [-0.25, -0.2) is 14.4 Å². The van der Waals surface area contributed by atoms with Crippen molar-refractivity contribution < 1.29 is 13.9 Å². The number of ether oxygens (including phenoxy) is 1. The van der Waals surface area contributed by atoms with Crippen molar-refractivity contribution in [1.82, 2.24) is 24.4 Å². The lowest BCUT2D eigenvalue weighted by Gasteiger charge is -2.33. The summed E-state index contributed by atoms with van der Waals surface area (Å²) in [4.78, 5) is 28.6. The largest absolute Gasteiger partial charge is 0.434 e. The van der Waals surface area contributed by atoms with E-state index in [0.717, 1.165) is 24.2 Å². The third kappa shape index (κ3) is 4.91. The second-order valence-electron chi connectivity index (χ2n) is 8.63. The average Bonchev–Trinajstić information content (AvgIpc) is 3.30. The number of piperidine rings is 1. The van der Waals surface area contributed by atoms with Gasteiger partial charge in [0.2, 0.25) is 5.88 Å². The molecule has 1 saturated heterocycles. The van der Waals surface area contributed by atoms with Crippen LogP contribution in [0.3, 0.4) is 0 Å². The van der Waals surface area contributed by atoms with Gasteiger partial charge in [0.1, 0.15) is 11.5 Å². The van der Waals surface area contributed by atoms with E-state index in [9.17, 15) is 9.18 Å². The van der Waals surface area contributed by atoms with Crippen LogP contribution in [0.5, 0.6) is 11.6 Å².